The number of nitrogens with zero attached hydrogens (tertiary/aromatic N) is 3. The van der Waals surface area contributed by atoms with Crippen LogP contribution in [0.3, 0.4) is 0 Å². The summed E-state index contributed by atoms with van der Waals surface area (Å²) in [6.07, 6.45) is 4.39. The second-order valence-electron chi connectivity index (χ2n) is 6.32. The molecule has 1 aromatic carbocycles. The molecule has 0 atom stereocenters. The van der Waals surface area contributed by atoms with Crippen LogP contribution in [0.2, 0.25) is 0 Å². The molecule has 1 fully saturated rings. The van der Waals surface area contributed by atoms with Gasteiger partial charge in [-0.05, 0) is 37.3 Å². The summed E-state index contributed by atoms with van der Waals surface area (Å²) in [5.74, 6) is 1.23. The maximum atomic E-state index is 9.53. The first-order valence-corrected chi connectivity index (χ1v) is 9.71. The van der Waals surface area contributed by atoms with Crippen LogP contribution in [0.5, 0.6) is 5.75 Å². The van der Waals surface area contributed by atoms with E-state index in [-0.39, 0.29) is 0 Å². The van der Waals surface area contributed by atoms with Crippen LogP contribution >= 0.6 is 8.60 Å². The summed E-state index contributed by atoms with van der Waals surface area (Å²) in [4.78, 5) is 24.3. The maximum absolute atomic E-state index is 9.53. The minimum Gasteiger partial charge on any atom is -0.497 e. The largest absolute Gasteiger partial charge is 0.497 e. The molecule has 0 saturated carbocycles. The van der Waals surface area contributed by atoms with Crippen LogP contribution < -0.4 is 9.64 Å². The molecule has 1 saturated heterocycles. The quantitative estimate of drug-likeness (QED) is 0.749. The molecule has 1 aromatic heterocycles. The molecular weight excluding hydrogens is 353 g/mol. The number of piperidine rings is 1. The number of methoxy groups -OCH3 is 1. The Balaban J connectivity index is 1.77. The highest BCUT2D eigenvalue weighted by Gasteiger charge is 2.23. The summed E-state index contributed by atoms with van der Waals surface area (Å²) >= 11 is 0. The Labute approximate surface area is 153 Å². The molecule has 1 aliphatic heterocycles. The van der Waals surface area contributed by atoms with Crippen molar-refractivity contribution < 1.29 is 19.0 Å². The number of hydrogen-bond donors (Lipinski definition) is 2. The van der Waals surface area contributed by atoms with Gasteiger partial charge < -0.3 is 23.9 Å². The van der Waals surface area contributed by atoms with Crippen molar-refractivity contribution >= 4 is 25.2 Å². The van der Waals surface area contributed by atoms with Crippen molar-refractivity contribution in [1.29, 1.82) is 5.26 Å². The normalized spacial score (nSPS) is 15.4. The Kier molecular flexibility index (Phi) is 6.23. The van der Waals surface area contributed by atoms with Crippen molar-refractivity contribution in [1.82, 2.24) is 4.98 Å². The molecule has 26 heavy (non-hydrogen) atoms. The minimum atomic E-state index is -2.27. The molecule has 2 heterocycles. The molecule has 2 N–H and O–H groups in total. The fraction of sp³-hybridized carbons (Fsp3) is 0.444. The summed E-state index contributed by atoms with van der Waals surface area (Å²) in [6.45, 7) is 2.06. The Morgan fingerprint density at radius 3 is 2.77 bits per heavy atom. The molecule has 7 nitrogen and oxygen atoms in total. The van der Waals surface area contributed by atoms with E-state index in [9.17, 15) is 5.26 Å². The van der Waals surface area contributed by atoms with Crippen molar-refractivity contribution in [2.75, 3.05) is 31.7 Å². The van der Waals surface area contributed by atoms with Gasteiger partial charge in [-0.15, -0.1) is 0 Å². The third kappa shape index (κ3) is 4.22. The van der Waals surface area contributed by atoms with E-state index >= 15 is 0 Å². The Morgan fingerprint density at radius 1 is 1.35 bits per heavy atom. The summed E-state index contributed by atoms with van der Waals surface area (Å²) in [7, 11) is -0.645. The third-order valence-corrected chi connectivity index (χ3v) is 5.25. The lowest BCUT2D eigenvalue weighted by Gasteiger charge is -2.34. The number of hydrogen-bond acceptors (Lipinski definition) is 7. The van der Waals surface area contributed by atoms with Crippen LogP contribution in [0.4, 0.5) is 5.69 Å². The first kappa shape index (κ1) is 18.8. The molecule has 138 valence electrons. The van der Waals surface area contributed by atoms with Crippen molar-refractivity contribution in [3.8, 4) is 11.8 Å². The molecule has 0 unspecified atom stereocenters. The highest BCUT2D eigenvalue weighted by molar-refractivity contribution is 7.39. The molecule has 0 radical (unpaired) electrons. The third-order valence-electron chi connectivity index (χ3n) is 4.83. The molecular formula is C18H22N3O4P. The molecule has 0 aliphatic carbocycles. The van der Waals surface area contributed by atoms with E-state index in [2.05, 4.69) is 16.0 Å². The average Bonchev–Trinajstić information content (AvgIpc) is 2.67. The molecule has 0 amide bonds. The Hall–Kier alpha value is -1.97. The molecule has 0 bridgehead atoms. The van der Waals surface area contributed by atoms with Crippen LogP contribution in [-0.2, 0) is 4.52 Å². The summed E-state index contributed by atoms with van der Waals surface area (Å²) in [6, 6.07) is 7.99. The molecule has 1 aliphatic rings. The summed E-state index contributed by atoms with van der Waals surface area (Å²) in [5.41, 5.74) is 2.33. The van der Waals surface area contributed by atoms with Crippen molar-refractivity contribution in [3.05, 3.63) is 30.0 Å². The lowest BCUT2D eigenvalue weighted by molar-refractivity contribution is 0.223. The van der Waals surface area contributed by atoms with Gasteiger partial charge in [0.1, 0.15) is 11.8 Å². The number of benzene rings is 1. The standard InChI is InChI=1S/C18H22N3O4P/c1-24-15-2-3-16-17(10-15)20-12-14(11-19)18(16)21-7-4-13(5-8-21)6-9-25-26(22)23/h2-3,10,12-13,22-23H,4-9H2,1H3. The number of nitriles is 1. The number of ether oxygens (including phenoxy) is 1. The molecule has 0 spiro atoms. The van der Waals surface area contributed by atoms with Crippen LogP contribution in [-0.4, -0.2) is 41.6 Å². The lowest BCUT2D eigenvalue weighted by atomic mass is 9.93. The first-order valence-electron chi connectivity index (χ1n) is 8.55. The smallest absolute Gasteiger partial charge is 0.327 e. The topological polar surface area (TPSA) is 98.8 Å². The molecule has 8 heteroatoms. The van der Waals surface area contributed by atoms with Crippen LogP contribution in [0.15, 0.2) is 24.4 Å². The van der Waals surface area contributed by atoms with E-state index in [1.807, 2.05) is 18.2 Å². The monoisotopic (exact) mass is 375 g/mol. The van der Waals surface area contributed by atoms with Crippen LogP contribution in [0.25, 0.3) is 10.9 Å². The van der Waals surface area contributed by atoms with Crippen LogP contribution in [0.1, 0.15) is 24.8 Å². The number of fused-ring (bicyclic) bond motifs is 1. The van der Waals surface area contributed by atoms with Gasteiger partial charge in [-0.3, -0.25) is 4.98 Å². The number of aromatic nitrogens is 1. The summed E-state index contributed by atoms with van der Waals surface area (Å²) in [5, 5.41) is 10.5. The highest BCUT2D eigenvalue weighted by Crippen LogP contribution is 2.35. The van der Waals surface area contributed by atoms with Crippen LogP contribution in [0, 0.1) is 17.2 Å². The van der Waals surface area contributed by atoms with Crippen molar-refractivity contribution in [2.24, 2.45) is 5.92 Å². The van der Waals surface area contributed by atoms with Gasteiger partial charge in [0.05, 0.1) is 30.5 Å². The van der Waals surface area contributed by atoms with Gasteiger partial charge in [0.15, 0.2) is 0 Å². The highest BCUT2D eigenvalue weighted by atomic mass is 31.2. The van der Waals surface area contributed by atoms with Gasteiger partial charge in [0, 0.05) is 30.7 Å². The number of pyridine rings is 1. The Morgan fingerprint density at radius 2 is 2.12 bits per heavy atom. The predicted molar refractivity (Wildman–Crippen MR) is 99.9 cm³/mol. The van der Waals surface area contributed by atoms with Gasteiger partial charge in [-0.2, -0.15) is 5.26 Å². The van der Waals surface area contributed by atoms with E-state index in [4.69, 9.17) is 19.0 Å². The second-order valence-corrected chi connectivity index (χ2v) is 7.08. The molecule has 3 rings (SSSR count). The Bertz CT molecular complexity index is 801. The zero-order valence-corrected chi connectivity index (χ0v) is 15.5. The van der Waals surface area contributed by atoms with Gasteiger partial charge in [-0.1, -0.05) is 0 Å². The summed E-state index contributed by atoms with van der Waals surface area (Å²) < 4.78 is 10.1. The fourth-order valence-corrected chi connectivity index (χ4v) is 3.72. The number of rotatable bonds is 6. The van der Waals surface area contributed by atoms with Gasteiger partial charge >= 0.3 is 8.60 Å². The predicted octanol–water partition coefficient (Wildman–Crippen LogP) is 2.95. The van der Waals surface area contributed by atoms with E-state index in [0.717, 1.165) is 54.7 Å². The van der Waals surface area contributed by atoms with Gasteiger partial charge in [0.2, 0.25) is 0 Å². The van der Waals surface area contributed by atoms with Gasteiger partial charge in [-0.25, -0.2) is 0 Å². The van der Waals surface area contributed by atoms with Crippen molar-refractivity contribution in [2.45, 2.75) is 19.3 Å². The fourth-order valence-electron chi connectivity index (χ4n) is 3.45. The zero-order chi connectivity index (χ0) is 18.5. The van der Waals surface area contributed by atoms with Crippen molar-refractivity contribution in [3.63, 3.8) is 0 Å². The zero-order valence-electron chi connectivity index (χ0n) is 14.6. The number of anilines is 1. The van der Waals surface area contributed by atoms with E-state index in [0.29, 0.717) is 18.1 Å². The average molecular weight is 375 g/mol. The van der Waals surface area contributed by atoms with E-state index in [1.165, 1.54) is 0 Å². The second kappa shape index (κ2) is 8.61. The lowest BCUT2D eigenvalue weighted by Crippen LogP contribution is -2.34. The van der Waals surface area contributed by atoms with E-state index in [1.54, 1.807) is 13.3 Å². The van der Waals surface area contributed by atoms with Gasteiger partial charge in [0.25, 0.3) is 0 Å². The maximum Gasteiger partial charge on any atom is 0.327 e. The first-order chi connectivity index (χ1) is 12.6. The SMILES string of the molecule is COc1ccc2c(N3CCC(CCOP(O)O)CC3)c(C#N)cnc2c1. The molecule has 2 aromatic rings. The van der Waals surface area contributed by atoms with E-state index < -0.39 is 8.60 Å². The minimum absolute atomic E-state index is 0.366.